The molecule has 59 valence electrons. The summed E-state index contributed by atoms with van der Waals surface area (Å²) in [4.78, 5) is 16.5. The van der Waals surface area contributed by atoms with Crippen LogP contribution in [0.4, 0.5) is 0 Å². The van der Waals surface area contributed by atoms with Crippen LogP contribution in [0.3, 0.4) is 0 Å². The third-order valence-electron chi connectivity index (χ3n) is 0. The van der Waals surface area contributed by atoms with Crippen LogP contribution in [0, 0.1) is 30.6 Å². The Balaban J connectivity index is -0.0000000300. The van der Waals surface area contributed by atoms with Gasteiger partial charge in [0.25, 0.3) is 0 Å². The molecule has 0 amide bonds. The van der Waals surface area contributed by atoms with E-state index in [0.717, 1.165) is 0 Å². The number of nitrogens with zero attached hydrogens (tertiary/aromatic N) is 2. The van der Waals surface area contributed by atoms with E-state index >= 15 is 0 Å². The van der Waals surface area contributed by atoms with Crippen molar-refractivity contribution in [2.24, 2.45) is 0 Å². The zero-order valence-corrected chi connectivity index (χ0v) is 11.3. The Morgan fingerprint density at radius 2 is 0.800 bits per heavy atom. The molecule has 0 aromatic rings. The van der Waals surface area contributed by atoms with E-state index in [1.165, 1.54) is 0 Å². The summed E-state index contributed by atoms with van der Waals surface area (Å²) in [5.41, 5.74) is 0. The molecule has 0 saturated carbocycles. The first kappa shape index (κ1) is 22.5. The van der Waals surface area contributed by atoms with E-state index in [1.54, 1.807) is 0 Å². The SMILES string of the molecule is O=[N+]([O-])[O-].O=[N+]([O-])[O-].[Ag].[Hg+2]. The van der Waals surface area contributed by atoms with Gasteiger partial charge in [-0.3, -0.25) is 0 Å². The Morgan fingerprint density at radius 1 is 0.800 bits per heavy atom. The molecule has 0 rings (SSSR count). The van der Waals surface area contributed by atoms with Crippen molar-refractivity contribution in [1.29, 1.82) is 0 Å². The van der Waals surface area contributed by atoms with Gasteiger partial charge in [-0.25, -0.2) is 0 Å². The molecule has 0 atom stereocenters. The van der Waals surface area contributed by atoms with Gasteiger partial charge in [0, 0.05) is 22.4 Å². The average molecular weight is 432 g/mol. The predicted octanol–water partition coefficient (Wildman–Crippen LogP) is -0.483. The van der Waals surface area contributed by atoms with E-state index in [0.29, 0.717) is 0 Å². The molecule has 0 aliphatic heterocycles. The minimum absolute atomic E-state index is 0. The summed E-state index contributed by atoms with van der Waals surface area (Å²) in [7, 11) is 0. The van der Waals surface area contributed by atoms with Crippen LogP contribution < -0.4 is 0 Å². The second-order valence-corrected chi connectivity index (χ2v) is 0.447. The molecule has 0 unspecified atom stereocenters. The van der Waals surface area contributed by atoms with Gasteiger partial charge in [0.15, 0.2) is 0 Å². The smallest absolute Gasteiger partial charge is 0.356 e. The maximum absolute atomic E-state index is 8.25. The zero-order chi connectivity index (χ0) is 7.15. The van der Waals surface area contributed by atoms with Crippen molar-refractivity contribution in [2.75, 3.05) is 0 Å². The summed E-state index contributed by atoms with van der Waals surface area (Å²) in [6.45, 7) is 0. The van der Waals surface area contributed by atoms with Gasteiger partial charge in [-0.1, -0.05) is 0 Å². The van der Waals surface area contributed by atoms with Crippen molar-refractivity contribution in [2.45, 2.75) is 0 Å². The van der Waals surface area contributed by atoms with Gasteiger partial charge in [-0.2, -0.15) is 0 Å². The molecule has 1 radical (unpaired) electrons. The van der Waals surface area contributed by atoms with Gasteiger partial charge >= 0.3 is 27.7 Å². The molecule has 0 fully saturated rings. The Kier molecular flexibility index (Phi) is 36.0. The van der Waals surface area contributed by atoms with Crippen LogP contribution in [0.5, 0.6) is 0 Å². The minimum atomic E-state index is -1.75. The molecule has 0 aliphatic carbocycles. The van der Waals surface area contributed by atoms with Crippen LogP contribution in [0.2, 0.25) is 0 Å². The van der Waals surface area contributed by atoms with Gasteiger partial charge in [0.1, 0.15) is 0 Å². The molecule has 0 aromatic heterocycles. The summed E-state index contributed by atoms with van der Waals surface area (Å²) in [5, 5.41) is 29.5. The first-order chi connectivity index (χ1) is 3.46. The molecular formula is AgHgN2O6. The van der Waals surface area contributed by atoms with Crippen LogP contribution in [-0.4, -0.2) is 10.2 Å². The topological polar surface area (TPSA) is 132 Å². The molecule has 0 aliphatic rings. The van der Waals surface area contributed by atoms with E-state index in [4.69, 9.17) is 30.6 Å². The Bertz CT molecular complexity index is 73.7. The van der Waals surface area contributed by atoms with Gasteiger partial charge < -0.3 is 30.6 Å². The standard InChI is InChI=1S/Ag.Hg.2NO3/c;;2*2-1(3)4/q;+2;2*-1. The molecule has 0 bridgehead atoms. The fourth-order valence-electron chi connectivity index (χ4n) is 0. The molecule has 10 heteroatoms. The van der Waals surface area contributed by atoms with Crippen LogP contribution in [0.15, 0.2) is 0 Å². The molecule has 10 heavy (non-hydrogen) atoms. The molecule has 0 aromatic carbocycles. The molecule has 0 saturated heterocycles. The normalized spacial score (nSPS) is 4.80. The number of hydrogen-bond acceptors (Lipinski definition) is 6. The fourth-order valence-corrected chi connectivity index (χ4v) is 0. The van der Waals surface area contributed by atoms with Gasteiger partial charge in [-0.05, 0) is 0 Å². The van der Waals surface area contributed by atoms with E-state index in [9.17, 15) is 0 Å². The second-order valence-electron chi connectivity index (χ2n) is 0.447. The van der Waals surface area contributed by atoms with Gasteiger partial charge in [-0.15, -0.1) is 0 Å². The van der Waals surface area contributed by atoms with Crippen LogP contribution in [0.25, 0.3) is 0 Å². The van der Waals surface area contributed by atoms with Gasteiger partial charge in [0.05, 0.1) is 10.2 Å². The van der Waals surface area contributed by atoms with Crippen molar-refractivity contribution in [3.63, 3.8) is 0 Å². The Labute approximate surface area is 90.4 Å². The van der Waals surface area contributed by atoms with E-state index in [2.05, 4.69) is 0 Å². The maximum Gasteiger partial charge on any atom is 2.00 e. The molecule has 0 N–H and O–H groups in total. The average Bonchev–Trinajstić information content (AvgIpc) is 1.25. The minimum Gasteiger partial charge on any atom is -0.356 e. The summed E-state index contributed by atoms with van der Waals surface area (Å²) < 4.78 is 0. The predicted molar refractivity (Wildman–Crippen MR) is 20.7 cm³/mol. The largest absolute Gasteiger partial charge is 2.00 e. The summed E-state index contributed by atoms with van der Waals surface area (Å²) in [6.07, 6.45) is 0. The maximum atomic E-state index is 8.25. The van der Waals surface area contributed by atoms with Crippen LogP contribution in [-0.2, 0) is 50.0 Å². The van der Waals surface area contributed by atoms with Crippen LogP contribution in [0.1, 0.15) is 0 Å². The third kappa shape index (κ3) is 71200. The summed E-state index contributed by atoms with van der Waals surface area (Å²) in [5.74, 6) is 0. The van der Waals surface area contributed by atoms with Crippen molar-refractivity contribution in [3.8, 4) is 0 Å². The summed E-state index contributed by atoms with van der Waals surface area (Å²) >= 11 is 0. The zero-order valence-electron chi connectivity index (χ0n) is 4.35. The third-order valence-corrected chi connectivity index (χ3v) is 0. The van der Waals surface area contributed by atoms with Crippen molar-refractivity contribution >= 4 is 0 Å². The van der Waals surface area contributed by atoms with E-state index in [-0.39, 0.29) is 50.0 Å². The Hall–Kier alpha value is 0.0753. The quantitative estimate of drug-likeness (QED) is 0.288. The molecule has 0 heterocycles. The first-order valence-electron chi connectivity index (χ1n) is 1.10. The van der Waals surface area contributed by atoms with Crippen molar-refractivity contribution < 1.29 is 60.2 Å². The van der Waals surface area contributed by atoms with E-state index in [1.807, 2.05) is 0 Å². The molecule has 8 nitrogen and oxygen atoms in total. The van der Waals surface area contributed by atoms with Gasteiger partial charge in [0.2, 0.25) is 0 Å². The summed E-state index contributed by atoms with van der Waals surface area (Å²) in [6, 6.07) is 0. The first-order valence-corrected chi connectivity index (χ1v) is 1.10. The van der Waals surface area contributed by atoms with Crippen molar-refractivity contribution in [3.05, 3.63) is 30.6 Å². The van der Waals surface area contributed by atoms with Crippen molar-refractivity contribution in [1.82, 2.24) is 0 Å². The second kappa shape index (κ2) is 16.0. The van der Waals surface area contributed by atoms with E-state index < -0.39 is 10.2 Å². The molecular weight excluding hydrogens is 432 g/mol. The monoisotopic (exact) mass is 433 g/mol. The number of hydrogen-bond donors (Lipinski definition) is 0. The Morgan fingerprint density at radius 3 is 0.800 bits per heavy atom. The van der Waals surface area contributed by atoms with Crippen LogP contribution >= 0.6 is 0 Å². The number of rotatable bonds is 0. The fraction of sp³-hybridized carbons (Fsp3) is 0. The molecule has 0 spiro atoms.